The summed E-state index contributed by atoms with van der Waals surface area (Å²) in [4.78, 5) is 26.4. The molecule has 6 nitrogen and oxygen atoms in total. The van der Waals surface area contributed by atoms with Crippen molar-refractivity contribution in [1.82, 2.24) is 4.31 Å². The molecule has 0 aromatic heterocycles. The second kappa shape index (κ2) is 11.5. The number of rotatable bonds is 9. The van der Waals surface area contributed by atoms with Crippen LogP contribution in [0.25, 0.3) is 0 Å². The minimum Gasteiger partial charge on any atom is -0.324 e. The topological polar surface area (TPSA) is 83.6 Å². The lowest BCUT2D eigenvalue weighted by Gasteiger charge is -2.22. The van der Waals surface area contributed by atoms with Crippen LogP contribution >= 0.6 is 11.6 Å². The second-order valence-corrected chi connectivity index (χ2v) is 10.9. The van der Waals surface area contributed by atoms with E-state index in [1.807, 2.05) is 13.0 Å². The minimum absolute atomic E-state index is 0.000884. The first kappa shape index (κ1) is 26.3. The Hall–Kier alpha value is -3.78. The smallest absolute Gasteiger partial charge is 0.243 e. The summed E-state index contributed by atoms with van der Waals surface area (Å²) in [6.07, 6.45) is 0. The number of ketones is 1. The van der Waals surface area contributed by atoms with E-state index in [2.05, 4.69) is 5.32 Å². The van der Waals surface area contributed by atoms with Gasteiger partial charge in [-0.05, 0) is 42.8 Å². The number of hydrogen-bond donors (Lipinski definition) is 1. The predicted octanol–water partition coefficient (Wildman–Crippen LogP) is 5.71. The van der Waals surface area contributed by atoms with Gasteiger partial charge in [-0.2, -0.15) is 4.31 Å². The first-order valence-corrected chi connectivity index (χ1v) is 13.4. The van der Waals surface area contributed by atoms with Crippen molar-refractivity contribution in [2.75, 3.05) is 11.9 Å². The summed E-state index contributed by atoms with van der Waals surface area (Å²) in [7, 11) is -4.00. The summed E-state index contributed by atoms with van der Waals surface area (Å²) in [5.74, 6) is -0.900. The molecule has 4 rings (SSSR count). The molecule has 0 fully saturated rings. The first-order valence-electron chi connectivity index (χ1n) is 11.5. The number of nitrogens with zero attached hydrogens (tertiary/aromatic N) is 1. The van der Waals surface area contributed by atoms with Gasteiger partial charge in [-0.1, -0.05) is 90.0 Å². The Morgan fingerprint density at radius 1 is 0.838 bits per heavy atom. The number of hydrogen-bond acceptors (Lipinski definition) is 4. The number of anilines is 1. The molecule has 0 spiro atoms. The number of aryl methyl sites for hydroxylation is 1. The van der Waals surface area contributed by atoms with Crippen molar-refractivity contribution in [1.29, 1.82) is 0 Å². The summed E-state index contributed by atoms with van der Waals surface area (Å²) in [6, 6.07) is 28.7. The molecule has 4 aromatic rings. The highest BCUT2D eigenvalue weighted by molar-refractivity contribution is 7.89. The van der Waals surface area contributed by atoms with Crippen LogP contribution in [0.1, 0.15) is 27.0 Å². The van der Waals surface area contributed by atoms with Gasteiger partial charge >= 0.3 is 0 Å². The van der Waals surface area contributed by atoms with Gasteiger partial charge in [0.15, 0.2) is 5.78 Å². The molecule has 188 valence electrons. The van der Waals surface area contributed by atoms with Crippen LogP contribution in [0.15, 0.2) is 108 Å². The zero-order valence-electron chi connectivity index (χ0n) is 20.1. The molecular formula is C29H25ClN2O4S. The van der Waals surface area contributed by atoms with E-state index in [1.54, 1.807) is 72.8 Å². The number of amides is 1. The van der Waals surface area contributed by atoms with E-state index in [0.717, 1.165) is 15.4 Å². The Morgan fingerprint density at radius 3 is 2.11 bits per heavy atom. The number of sulfonamides is 1. The third kappa shape index (κ3) is 6.51. The molecule has 1 amide bonds. The Bertz CT molecular complexity index is 1510. The van der Waals surface area contributed by atoms with Crippen LogP contribution < -0.4 is 5.32 Å². The number of carbonyl (C=O) groups excluding carboxylic acids is 2. The molecule has 0 aliphatic carbocycles. The van der Waals surface area contributed by atoms with Gasteiger partial charge in [0, 0.05) is 22.7 Å². The van der Waals surface area contributed by atoms with E-state index in [4.69, 9.17) is 11.6 Å². The van der Waals surface area contributed by atoms with Crippen LogP contribution in [0, 0.1) is 6.92 Å². The molecule has 0 unspecified atom stereocenters. The standard InChI is InChI=1S/C29H25ClN2O4S/c1-21-12-15-25(16-13-21)37(35,36)32(19-22-8-4-2-5-9-22)20-28(33)31-27-17-14-24(30)18-26(27)29(34)23-10-6-3-7-11-23/h2-18H,19-20H2,1H3,(H,31,33). The maximum Gasteiger partial charge on any atom is 0.243 e. The minimum atomic E-state index is -4.00. The van der Waals surface area contributed by atoms with Crippen LogP contribution in [0.2, 0.25) is 5.02 Å². The molecule has 0 saturated heterocycles. The van der Waals surface area contributed by atoms with Crippen LogP contribution in [-0.2, 0) is 21.4 Å². The first-order chi connectivity index (χ1) is 17.7. The summed E-state index contributed by atoms with van der Waals surface area (Å²) in [5.41, 5.74) is 2.55. The SMILES string of the molecule is Cc1ccc(S(=O)(=O)N(CC(=O)Nc2ccc(Cl)cc2C(=O)c2ccccc2)Cc2ccccc2)cc1. The van der Waals surface area contributed by atoms with E-state index in [1.165, 1.54) is 24.3 Å². The van der Waals surface area contributed by atoms with Crippen molar-refractivity contribution in [2.24, 2.45) is 0 Å². The van der Waals surface area contributed by atoms with Crippen molar-refractivity contribution in [3.8, 4) is 0 Å². The van der Waals surface area contributed by atoms with Crippen molar-refractivity contribution >= 4 is 39.0 Å². The molecular weight excluding hydrogens is 508 g/mol. The lowest BCUT2D eigenvalue weighted by Crippen LogP contribution is -2.37. The second-order valence-electron chi connectivity index (χ2n) is 8.50. The van der Waals surface area contributed by atoms with E-state index in [0.29, 0.717) is 10.6 Å². The molecule has 37 heavy (non-hydrogen) atoms. The Morgan fingerprint density at radius 2 is 1.46 bits per heavy atom. The van der Waals surface area contributed by atoms with Crippen LogP contribution in [0.5, 0.6) is 0 Å². The monoisotopic (exact) mass is 532 g/mol. The van der Waals surface area contributed by atoms with Crippen molar-refractivity contribution in [3.63, 3.8) is 0 Å². The fourth-order valence-electron chi connectivity index (χ4n) is 3.78. The molecule has 0 saturated carbocycles. The van der Waals surface area contributed by atoms with Gasteiger partial charge in [0.05, 0.1) is 17.1 Å². The Kier molecular flexibility index (Phi) is 8.18. The maximum atomic E-state index is 13.5. The van der Waals surface area contributed by atoms with Gasteiger partial charge in [-0.15, -0.1) is 0 Å². The summed E-state index contributed by atoms with van der Waals surface area (Å²) >= 11 is 6.15. The summed E-state index contributed by atoms with van der Waals surface area (Å²) in [6.45, 7) is 1.42. The Balaban J connectivity index is 1.62. The van der Waals surface area contributed by atoms with Gasteiger partial charge < -0.3 is 5.32 Å². The third-order valence-corrected chi connectivity index (χ3v) is 7.76. The van der Waals surface area contributed by atoms with Gasteiger partial charge in [0.2, 0.25) is 15.9 Å². The zero-order valence-corrected chi connectivity index (χ0v) is 21.7. The molecule has 4 aromatic carbocycles. The highest BCUT2D eigenvalue weighted by Gasteiger charge is 2.27. The summed E-state index contributed by atoms with van der Waals surface area (Å²) in [5, 5.41) is 3.05. The fraction of sp³-hybridized carbons (Fsp3) is 0.103. The molecule has 0 aliphatic rings. The predicted molar refractivity (Wildman–Crippen MR) is 145 cm³/mol. The number of halogens is 1. The Labute approximate surface area is 221 Å². The van der Waals surface area contributed by atoms with Crippen molar-refractivity contribution in [2.45, 2.75) is 18.4 Å². The average molecular weight is 533 g/mol. The van der Waals surface area contributed by atoms with Crippen LogP contribution in [-0.4, -0.2) is 31.0 Å². The maximum absolute atomic E-state index is 13.5. The molecule has 0 bridgehead atoms. The van der Waals surface area contributed by atoms with Gasteiger partial charge in [0.1, 0.15) is 0 Å². The molecule has 8 heteroatoms. The molecule has 0 heterocycles. The van der Waals surface area contributed by atoms with Gasteiger partial charge in [0.25, 0.3) is 0 Å². The molecule has 0 aliphatic heterocycles. The summed E-state index contributed by atoms with van der Waals surface area (Å²) < 4.78 is 28.2. The van der Waals surface area contributed by atoms with Gasteiger partial charge in [-0.3, -0.25) is 9.59 Å². The quantitative estimate of drug-likeness (QED) is 0.280. The third-order valence-electron chi connectivity index (χ3n) is 5.72. The van der Waals surface area contributed by atoms with Crippen molar-refractivity contribution < 1.29 is 18.0 Å². The highest BCUT2D eigenvalue weighted by Crippen LogP contribution is 2.25. The van der Waals surface area contributed by atoms with Crippen LogP contribution in [0.3, 0.4) is 0 Å². The van der Waals surface area contributed by atoms with E-state index in [9.17, 15) is 18.0 Å². The largest absolute Gasteiger partial charge is 0.324 e. The lowest BCUT2D eigenvalue weighted by molar-refractivity contribution is -0.116. The average Bonchev–Trinajstić information content (AvgIpc) is 2.90. The van der Waals surface area contributed by atoms with Gasteiger partial charge in [-0.25, -0.2) is 8.42 Å². The number of carbonyl (C=O) groups is 2. The van der Waals surface area contributed by atoms with Crippen molar-refractivity contribution in [3.05, 3.63) is 130 Å². The number of nitrogens with one attached hydrogen (secondary N) is 1. The van der Waals surface area contributed by atoms with E-state index in [-0.39, 0.29) is 28.5 Å². The zero-order chi connectivity index (χ0) is 26.4. The van der Waals surface area contributed by atoms with E-state index >= 15 is 0 Å². The van der Waals surface area contributed by atoms with Crippen LogP contribution in [0.4, 0.5) is 5.69 Å². The highest BCUT2D eigenvalue weighted by atomic mass is 35.5. The lowest BCUT2D eigenvalue weighted by atomic mass is 10.0. The molecule has 0 radical (unpaired) electrons. The normalized spacial score (nSPS) is 11.3. The fourth-order valence-corrected chi connectivity index (χ4v) is 5.34. The molecule has 0 atom stereocenters. The molecule has 1 N–H and O–H groups in total. The number of benzene rings is 4. The van der Waals surface area contributed by atoms with E-state index < -0.39 is 22.5 Å².